The number of carbonyl (C=O) groups is 2. The second-order valence-corrected chi connectivity index (χ2v) is 6.98. The molecule has 2 saturated carbocycles. The highest BCUT2D eigenvalue weighted by atomic mass is 16.4. The van der Waals surface area contributed by atoms with Crippen LogP contribution in [0.3, 0.4) is 0 Å². The predicted octanol–water partition coefficient (Wildman–Crippen LogP) is 2.75. The summed E-state index contributed by atoms with van der Waals surface area (Å²) in [7, 11) is 0. The van der Waals surface area contributed by atoms with E-state index in [4.69, 9.17) is 5.11 Å². The van der Waals surface area contributed by atoms with Gasteiger partial charge in [0.25, 0.3) is 0 Å². The van der Waals surface area contributed by atoms with Crippen LogP contribution < -0.4 is 10.6 Å². The lowest BCUT2D eigenvalue weighted by Gasteiger charge is -2.33. The Bertz CT molecular complexity index is 386. The molecule has 0 aliphatic heterocycles. The first-order valence-electron chi connectivity index (χ1n) is 8.25. The van der Waals surface area contributed by atoms with Gasteiger partial charge in [0.1, 0.15) is 0 Å². The Labute approximate surface area is 126 Å². The summed E-state index contributed by atoms with van der Waals surface area (Å²) in [5, 5.41) is 15.1. The van der Waals surface area contributed by atoms with Crippen LogP contribution >= 0.6 is 0 Å². The zero-order valence-electron chi connectivity index (χ0n) is 13.1. The molecule has 2 aliphatic rings. The summed E-state index contributed by atoms with van der Waals surface area (Å²) < 4.78 is 0. The van der Waals surface area contributed by atoms with Crippen molar-refractivity contribution in [2.75, 3.05) is 0 Å². The third kappa shape index (κ3) is 4.61. The minimum absolute atomic E-state index is 0.000197. The molecular formula is C16H28N2O3. The van der Waals surface area contributed by atoms with Crippen LogP contribution in [0.25, 0.3) is 0 Å². The zero-order chi connectivity index (χ0) is 15.4. The standard InChI is InChI=1S/C16H28N2O3/c1-10-6-7-14(8-11(10)2)18-16(21)17-13-5-3-4-12(9-13)15(19)20/h10-14H,3-9H2,1-2H3,(H,19,20)(H2,17,18,21). The van der Waals surface area contributed by atoms with Crippen molar-refractivity contribution >= 4 is 12.0 Å². The Balaban J connectivity index is 1.75. The molecule has 3 N–H and O–H groups in total. The van der Waals surface area contributed by atoms with E-state index in [1.807, 2.05) is 0 Å². The zero-order valence-corrected chi connectivity index (χ0v) is 13.1. The fourth-order valence-corrected chi connectivity index (χ4v) is 3.64. The minimum Gasteiger partial charge on any atom is -0.481 e. The lowest BCUT2D eigenvalue weighted by molar-refractivity contribution is -0.143. The number of carboxylic acid groups (broad SMARTS) is 1. The van der Waals surface area contributed by atoms with Crippen LogP contribution in [-0.2, 0) is 4.79 Å². The number of aliphatic carboxylic acids is 1. The highest BCUT2D eigenvalue weighted by Crippen LogP contribution is 2.29. The molecule has 2 amide bonds. The topological polar surface area (TPSA) is 78.4 Å². The smallest absolute Gasteiger partial charge is 0.315 e. The highest BCUT2D eigenvalue weighted by molar-refractivity contribution is 5.75. The molecule has 2 aliphatic carbocycles. The summed E-state index contributed by atoms with van der Waals surface area (Å²) in [5.41, 5.74) is 0. The minimum atomic E-state index is -0.739. The summed E-state index contributed by atoms with van der Waals surface area (Å²) in [6.45, 7) is 4.52. The van der Waals surface area contributed by atoms with E-state index in [1.165, 1.54) is 0 Å². The molecule has 5 unspecified atom stereocenters. The van der Waals surface area contributed by atoms with Crippen molar-refractivity contribution in [2.45, 2.75) is 70.9 Å². The number of urea groups is 1. The van der Waals surface area contributed by atoms with Crippen molar-refractivity contribution in [1.29, 1.82) is 0 Å². The predicted molar refractivity (Wildman–Crippen MR) is 81.0 cm³/mol. The fraction of sp³-hybridized carbons (Fsp3) is 0.875. The molecule has 5 atom stereocenters. The number of amides is 2. The van der Waals surface area contributed by atoms with Crippen molar-refractivity contribution in [2.24, 2.45) is 17.8 Å². The molecule has 5 heteroatoms. The monoisotopic (exact) mass is 296 g/mol. The quantitative estimate of drug-likeness (QED) is 0.749. The van der Waals surface area contributed by atoms with Crippen LogP contribution in [0.1, 0.15) is 58.8 Å². The van der Waals surface area contributed by atoms with Crippen molar-refractivity contribution in [1.82, 2.24) is 10.6 Å². The van der Waals surface area contributed by atoms with Gasteiger partial charge in [-0.1, -0.05) is 20.3 Å². The van der Waals surface area contributed by atoms with E-state index in [0.29, 0.717) is 12.3 Å². The van der Waals surface area contributed by atoms with E-state index in [2.05, 4.69) is 24.5 Å². The van der Waals surface area contributed by atoms with E-state index in [0.717, 1.165) is 44.4 Å². The first-order chi connectivity index (χ1) is 9.95. The number of hydrogen-bond acceptors (Lipinski definition) is 2. The second kappa shape index (κ2) is 7.14. The molecule has 120 valence electrons. The molecule has 0 radical (unpaired) electrons. The SMILES string of the molecule is CC1CCC(NC(=O)NC2CCCC(C(=O)O)C2)CC1C. The average Bonchev–Trinajstić information content (AvgIpc) is 2.43. The van der Waals surface area contributed by atoms with Gasteiger partial charge >= 0.3 is 12.0 Å². The van der Waals surface area contributed by atoms with Gasteiger partial charge in [0.15, 0.2) is 0 Å². The summed E-state index contributed by atoms with van der Waals surface area (Å²) in [5.74, 6) is 0.340. The summed E-state index contributed by atoms with van der Waals surface area (Å²) in [6.07, 6.45) is 6.29. The maximum Gasteiger partial charge on any atom is 0.315 e. The third-order valence-corrected chi connectivity index (χ3v) is 5.29. The van der Waals surface area contributed by atoms with Crippen LogP contribution in [0.15, 0.2) is 0 Å². The first kappa shape index (κ1) is 16.1. The molecule has 0 aromatic rings. The van der Waals surface area contributed by atoms with Crippen LogP contribution in [0.5, 0.6) is 0 Å². The molecule has 0 saturated heterocycles. The Hall–Kier alpha value is -1.26. The van der Waals surface area contributed by atoms with Crippen molar-refractivity contribution < 1.29 is 14.7 Å². The highest BCUT2D eigenvalue weighted by Gasteiger charge is 2.29. The molecule has 5 nitrogen and oxygen atoms in total. The molecule has 2 rings (SSSR count). The van der Waals surface area contributed by atoms with Crippen molar-refractivity contribution in [3.8, 4) is 0 Å². The van der Waals surface area contributed by atoms with Crippen LogP contribution in [0.2, 0.25) is 0 Å². The molecule has 2 fully saturated rings. The molecular weight excluding hydrogens is 268 g/mol. The first-order valence-corrected chi connectivity index (χ1v) is 8.25. The van der Waals surface area contributed by atoms with E-state index in [-0.39, 0.29) is 24.0 Å². The summed E-state index contributed by atoms with van der Waals surface area (Å²) >= 11 is 0. The number of carbonyl (C=O) groups excluding carboxylic acids is 1. The van der Waals surface area contributed by atoms with Gasteiger partial charge in [-0.2, -0.15) is 0 Å². The fourth-order valence-electron chi connectivity index (χ4n) is 3.64. The summed E-state index contributed by atoms with van der Waals surface area (Å²) in [6, 6.07) is 0.132. The van der Waals surface area contributed by atoms with Crippen LogP contribution in [-0.4, -0.2) is 29.2 Å². The van der Waals surface area contributed by atoms with E-state index >= 15 is 0 Å². The Morgan fingerprint density at radius 3 is 2.19 bits per heavy atom. The second-order valence-electron chi connectivity index (χ2n) is 6.98. The van der Waals surface area contributed by atoms with Gasteiger partial charge in [-0.05, 0) is 50.4 Å². The van der Waals surface area contributed by atoms with Gasteiger partial charge in [-0.15, -0.1) is 0 Å². The van der Waals surface area contributed by atoms with Gasteiger partial charge in [0.2, 0.25) is 0 Å². The Morgan fingerprint density at radius 1 is 0.905 bits per heavy atom. The molecule has 21 heavy (non-hydrogen) atoms. The van der Waals surface area contributed by atoms with Gasteiger partial charge in [0.05, 0.1) is 5.92 Å². The number of rotatable bonds is 3. The number of carboxylic acids is 1. The van der Waals surface area contributed by atoms with E-state index in [1.54, 1.807) is 0 Å². The molecule has 0 aromatic heterocycles. The van der Waals surface area contributed by atoms with Crippen LogP contribution in [0.4, 0.5) is 4.79 Å². The summed E-state index contributed by atoms with van der Waals surface area (Å²) in [4.78, 5) is 23.1. The molecule has 0 spiro atoms. The van der Waals surface area contributed by atoms with Gasteiger partial charge < -0.3 is 15.7 Å². The van der Waals surface area contributed by atoms with Gasteiger partial charge in [-0.25, -0.2) is 4.79 Å². The maximum absolute atomic E-state index is 12.1. The molecule has 0 bridgehead atoms. The van der Waals surface area contributed by atoms with Crippen molar-refractivity contribution in [3.05, 3.63) is 0 Å². The number of hydrogen-bond donors (Lipinski definition) is 3. The van der Waals surface area contributed by atoms with Crippen molar-refractivity contribution in [3.63, 3.8) is 0 Å². The van der Waals surface area contributed by atoms with Gasteiger partial charge in [-0.3, -0.25) is 4.79 Å². The third-order valence-electron chi connectivity index (χ3n) is 5.29. The Morgan fingerprint density at radius 2 is 1.57 bits per heavy atom. The van der Waals surface area contributed by atoms with E-state index < -0.39 is 5.97 Å². The van der Waals surface area contributed by atoms with Gasteiger partial charge in [0, 0.05) is 12.1 Å². The number of nitrogens with one attached hydrogen (secondary N) is 2. The lowest BCUT2D eigenvalue weighted by atomic mass is 9.79. The molecule has 0 aromatic carbocycles. The van der Waals surface area contributed by atoms with Crippen LogP contribution in [0, 0.1) is 17.8 Å². The van der Waals surface area contributed by atoms with E-state index in [9.17, 15) is 9.59 Å². The maximum atomic E-state index is 12.1. The lowest BCUT2D eigenvalue weighted by Crippen LogP contribution is -2.49. The largest absolute Gasteiger partial charge is 0.481 e. The normalized spacial score (nSPS) is 36.8. The average molecular weight is 296 g/mol. The Kier molecular flexibility index (Phi) is 5.48. The molecule has 0 heterocycles.